The molecule has 3 rings (SSSR count). The Morgan fingerprint density at radius 1 is 1.10 bits per heavy atom. The molecule has 1 atom stereocenters. The minimum absolute atomic E-state index is 0.172. The van der Waals surface area contributed by atoms with Gasteiger partial charge in [0.25, 0.3) is 5.56 Å². The highest BCUT2D eigenvalue weighted by molar-refractivity contribution is 5.81. The predicted octanol–water partition coefficient (Wildman–Crippen LogP) is 2.12. The number of methoxy groups -OCH3 is 2. The van der Waals surface area contributed by atoms with Crippen LogP contribution in [0.5, 0.6) is 17.2 Å². The molecule has 0 aliphatic carbocycles. The predicted molar refractivity (Wildman–Crippen MR) is 117 cm³/mol. The Labute approximate surface area is 176 Å². The lowest BCUT2D eigenvalue weighted by atomic mass is 10.2. The van der Waals surface area contributed by atoms with E-state index < -0.39 is 0 Å². The average molecular weight is 413 g/mol. The first-order chi connectivity index (χ1) is 14.5. The first-order valence-corrected chi connectivity index (χ1v) is 10.2. The molecule has 0 aliphatic rings. The summed E-state index contributed by atoms with van der Waals surface area (Å²) in [4.78, 5) is 21.4. The van der Waals surface area contributed by atoms with Gasteiger partial charge in [0, 0.05) is 12.5 Å². The number of hydrogen-bond donors (Lipinski definition) is 2. The summed E-state index contributed by atoms with van der Waals surface area (Å²) >= 11 is 0. The minimum Gasteiger partial charge on any atom is -0.493 e. The number of ether oxygens (including phenoxy) is 3. The molecule has 0 saturated heterocycles. The number of H-pyrrole nitrogens is 1. The zero-order valence-corrected chi connectivity index (χ0v) is 18.1. The van der Waals surface area contributed by atoms with Gasteiger partial charge >= 0.3 is 0 Å². The van der Waals surface area contributed by atoms with E-state index in [4.69, 9.17) is 14.2 Å². The normalized spacial score (nSPS) is 12.0. The summed E-state index contributed by atoms with van der Waals surface area (Å²) in [6.07, 6.45) is 0.917. The van der Waals surface area contributed by atoms with Crippen molar-refractivity contribution >= 4 is 10.9 Å². The molecule has 7 heteroatoms. The second-order valence-electron chi connectivity index (χ2n) is 7.29. The first kappa shape index (κ1) is 21.6. The van der Waals surface area contributed by atoms with E-state index in [9.17, 15) is 4.79 Å². The van der Waals surface area contributed by atoms with Crippen molar-refractivity contribution in [2.45, 2.75) is 26.8 Å². The quantitative estimate of drug-likeness (QED) is 0.499. The second kappa shape index (κ2) is 10.1. The van der Waals surface area contributed by atoms with Crippen molar-refractivity contribution in [3.05, 3.63) is 58.1 Å². The van der Waals surface area contributed by atoms with Crippen molar-refractivity contribution in [3.8, 4) is 17.2 Å². The Morgan fingerprint density at radius 3 is 2.57 bits per heavy atom. The molecule has 1 unspecified atom stereocenters. The third-order valence-electron chi connectivity index (χ3n) is 5.11. The molecule has 7 nitrogen and oxygen atoms in total. The van der Waals surface area contributed by atoms with Crippen LogP contribution in [0.15, 0.2) is 41.2 Å². The molecule has 1 aromatic heterocycles. The fraction of sp³-hybridized carbons (Fsp3) is 0.391. The molecule has 30 heavy (non-hydrogen) atoms. The zero-order chi connectivity index (χ0) is 21.5. The molecule has 3 aromatic rings. The van der Waals surface area contributed by atoms with E-state index in [1.165, 1.54) is 10.5 Å². The Bertz CT molecular complexity index is 1050. The minimum atomic E-state index is -0.172. The van der Waals surface area contributed by atoms with Crippen LogP contribution in [-0.4, -0.2) is 43.9 Å². The number of benzene rings is 2. The highest BCUT2D eigenvalue weighted by Crippen LogP contribution is 2.29. The Hall–Kier alpha value is -3.06. The number of rotatable bonds is 10. The summed E-state index contributed by atoms with van der Waals surface area (Å²) in [6.45, 7) is 7.34. The molecule has 0 bridgehead atoms. The standard InChI is InChI=1S/C23H29N3O4/c1-5-26(10-7-11-30-17-9-6-8-16(2)12-17)15-22-24-19-14-21(29-4)20(28-3)13-18(19)23(27)25-22/h6,8-9,12-14H,5,7,10-11,15H2,1-4H3,(H,24,25,27)/p+1. The van der Waals surface area contributed by atoms with Crippen LogP contribution in [0.3, 0.4) is 0 Å². The van der Waals surface area contributed by atoms with Crippen LogP contribution in [0, 0.1) is 6.92 Å². The van der Waals surface area contributed by atoms with Crippen LogP contribution in [0.1, 0.15) is 24.7 Å². The molecular weight excluding hydrogens is 382 g/mol. The van der Waals surface area contributed by atoms with Crippen LogP contribution < -0.4 is 24.7 Å². The monoisotopic (exact) mass is 412 g/mol. The molecule has 2 N–H and O–H groups in total. The van der Waals surface area contributed by atoms with Gasteiger partial charge in [0.2, 0.25) is 0 Å². The molecule has 0 fully saturated rings. The van der Waals surface area contributed by atoms with Gasteiger partial charge in [-0.3, -0.25) is 4.79 Å². The fourth-order valence-electron chi connectivity index (χ4n) is 3.44. The van der Waals surface area contributed by atoms with Crippen LogP contribution >= 0.6 is 0 Å². The van der Waals surface area contributed by atoms with Crippen LogP contribution in [0.2, 0.25) is 0 Å². The number of aryl methyl sites for hydroxylation is 1. The number of hydrogen-bond acceptors (Lipinski definition) is 5. The number of fused-ring (bicyclic) bond motifs is 1. The molecule has 160 valence electrons. The Balaban J connectivity index is 1.65. The summed E-state index contributed by atoms with van der Waals surface area (Å²) in [6, 6.07) is 11.5. The van der Waals surface area contributed by atoms with Gasteiger partial charge < -0.3 is 24.1 Å². The van der Waals surface area contributed by atoms with Crippen molar-refractivity contribution < 1.29 is 19.1 Å². The van der Waals surface area contributed by atoms with Crippen molar-refractivity contribution in [1.29, 1.82) is 0 Å². The van der Waals surface area contributed by atoms with Gasteiger partial charge in [-0.05, 0) is 37.6 Å². The van der Waals surface area contributed by atoms with Crippen LogP contribution in [0.4, 0.5) is 0 Å². The highest BCUT2D eigenvalue weighted by atomic mass is 16.5. The largest absolute Gasteiger partial charge is 0.493 e. The number of aromatic nitrogens is 2. The maximum atomic E-state index is 12.6. The van der Waals surface area contributed by atoms with E-state index >= 15 is 0 Å². The van der Waals surface area contributed by atoms with Gasteiger partial charge in [-0.15, -0.1) is 0 Å². The highest BCUT2D eigenvalue weighted by Gasteiger charge is 2.14. The van der Waals surface area contributed by atoms with E-state index in [2.05, 4.69) is 29.9 Å². The molecule has 0 amide bonds. The molecule has 0 saturated carbocycles. The average Bonchev–Trinajstić information content (AvgIpc) is 2.75. The maximum Gasteiger partial charge on any atom is 0.259 e. The van der Waals surface area contributed by atoms with E-state index in [0.717, 1.165) is 25.3 Å². The smallest absolute Gasteiger partial charge is 0.259 e. The topological polar surface area (TPSA) is 77.9 Å². The molecule has 2 aromatic carbocycles. The summed E-state index contributed by atoms with van der Waals surface area (Å²) in [7, 11) is 3.12. The second-order valence-corrected chi connectivity index (χ2v) is 7.29. The van der Waals surface area contributed by atoms with Crippen molar-refractivity contribution in [3.63, 3.8) is 0 Å². The lowest BCUT2D eigenvalue weighted by Gasteiger charge is -2.17. The van der Waals surface area contributed by atoms with Crippen molar-refractivity contribution in [2.24, 2.45) is 0 Å². The van der Waals surface area contributed by atoms with E-state index in [1.807, 2.05) is 18.2 Å². The molecule has 0 spiro atoms. The maximum absolute atomic E-state index is 12.6. The van der Waals surface area contributed by atoms with Crippen LogP contribution in [0.25, 0.3) is 10.9 Å². The third-order valence-corrected chi connectivity index (χ3v) is 5.11. The van der Waals surface area contributed by atoms with Gasteiger partial charge in [-0.1, -0.05) is 12.1 Å². The number of aromatic amines is 1. The first-order valence-electron chi connectivity index (χ1n) is 10.2. The van der Waals surface area contributed by atoms with E-state index in [0.29, 0.717) is 41.4 Å². The van der Waals surface area contributed by atoms with Gasteiger partial charge in [0.15, 0.2) is 17.3 Å². The van der Waals surface area contributed by atoms with E-state index in [-0.39, 0.29) is 5.56 Å². The summed E-state index contributed by atoms with van der Waals surface area (Å²) in [5.74, 6) is 2.63. The van der Waals surface area contributed by atoms with Crippen LogP contribution in [-0.2, 0) is 6.54 Å². The summed E-state index contributed by atoms with van der Waals surface area (Å²) in [5.41, 5.74) is 1.62. The van der Waals surface area contributed by atoms with Gasteiger partial charge in [-0.2, -0.15) is 0 Å². The molecule has 1 heterocycles. The zero-order valence-electron chi connectivity index (χ0n) is 18.1. The van der Waals surface area contributed by atoms with Gasteiger partial charge in [-0.25, -0.2) is 4.98 Å². The lowest BCUT2D eigenvalue weighted by molar-refractivity contribution is -0.912. The fourth-order valence-corrected chi connectivity index (χ4v) is 3.44. The molecule has 0 radical (unpaired) electrons. The third kappa shape index (κ3) is 5.30. The summed E-state index contributed by atoms with van der Waals surface area (Å²) < 4.78 is 16.5. The SMILES string of the molecule is CC[NH+](CCCOc1cccc(C)c1)Cc1nc2cc(OC)c(OC)cc2c(=O)[nH]1. The van der Waals surface area contributed by atoms with Crippen molar-refractivity contribution in [2.75, 3.05) is 33.9 Å². The van der Waals surface area contributed by atoms with Gasteiger partial charge in [0.1, 0.15) is 12.3 Å². The molecule has 0 aliphatic heterocycles. The lowest BCUT2D eigenvalue weighted by Crippen LogP contribution is -3.10. The van der Waals surface area contributed by atoms with Crippen molar-refractivity contribution in [1.82, 2.24) is 9.97 Å². The summed E-state index contributed by atoms with van der Waals surface area (Å²) in [5, 5.41) is 0.487. The molecular formula is C23H30N3O4+. The number of nitrogens with zero attached hydrogens (tertiary/aromatic N) is 1. The Morgan fingerprint density at radius 2 is 1.87 bits per heavy atom. The number of nitrogens with one attached hydrogen (secondary N) is 2. The Kier molecular flexibility index (Phi) is 7.30. The van der Waals surface area contributed by atoms with Gasteiger partial charge in [0.05, 0.1) is 44.8 Å². The van der Waals surface area contributed by atoms with E-state index in [1.54, 1.807) is 26.4 Å². The number of quaternary nitrogens is 1.